The van der Waals surface area contributed by atoms with Crippen LogP contribution in [-0.4, -0.2) is 36.0 Å². The van der Waals surface area contributed by atoms with Gasteiger partial charge in [-0.05, 0) is 52.5 Å². The van der Waals surface area contributed by atoms with Crippen LogP contribution in [0.5, 0.6) is 0 Å². The molecule has 1 N–H and O–H groups in total. The van der Waals surface area contributed by atoms with E-state index in [9.17, 15) is 4.79 Å². The zero-order valence-corrected chi connectivity index (χ0v) is 11.5. The third kappa shape index (κ3) is 2.49. The summed E-state index contributed by atoms with van der Waals surface area (Å²) in [5.41, 5.74) is -0.417. The van der Waals surface area contributed by atoms with Crippen molar-refractivity contribution in [1.29, 1.82) is 0 Å². The first-order valence-electron chi connectivity index (χ1n) is 7.06. The van der Waals surface area contributed by atoms with Crippen LogP contribution in [0.2, 0.25) is 0 Å². The minimum absolute atomic E-state index is 0.289. The smallest absolute Gasteiger partial charge is 0.242 e. The molecule has 0 spiro atoms. The number of piperidine rings is 1. The van der Waals surface area contributed by atoms with Crippen LogP contribution in [-0.2, 0) is 4.79 Å². The Kier molecular flexibility index (Phi) is 3.76. The van der Waals surface area contributed by atoms with Crippen molar-refractivity contribution in [2.75, 3.05) is 13.6 Å². The maximum atomic E-state index is 12.6. The third-order valence-corrected chi connectivity index (χ3v) is 4.66. The number of likely N-dealkylation sites (tertiary alicyclic amines) is 1. The van der Waals surface area contributed by atoms with Crippen LogP contribution in [0.25, 0.3) is 0 Å². The highest BCUT2D eigenvalue weighted by Gasteiger charge is 2.40. The zero-order chi connectivity index (χ0) is 12.5. The van der Waals surface area contributed by atoms with E-state index in [4.69, 9.17) is 0 Å². The van der Waals surface area contributed by atoms with E-state index < -0.39 is 5.54 Å². The third-order valence-electron chi connectivity index (χ3n) is 4.66. The predicted octanol–water partition coefficient (Wildman–Crippen LogP) is 2.17. The van der Waals surface area contributed by atoms with Crippen LogP contribution in [0, 0.1) is 5.92 Å². The molecule has 0 aromatic heterocycles. The molecule has 2 aliphatic rings. The fourth-order valence-corrected chi connectivity index (χ4v) is 3.34. The van der Waals surface area contributed by atoms with Gasteiger partial charge in [-0.15, -0.1) is 0 Å². The minimum Gasteiger partial charge on any atom is -0.338 e. The molecular formula is C14H26N2O. The van der Waals surface area contributed by atoms with E-state index >= 15 is 0 Å². The lowest BCUT2D eigenvalue weighted by Gasteiger charge is -2.46. The quantitative estimate of drug-likeness (QED) is 0.799. The molecule has 3 nitrogen and oxygen atoms in total. The van der Waals surface area contributed by atoms with E-state index in [0.717, 1.165) is 12.5 Å². The lowest BCUT2D eigenvalue weighted by molar-refractivity contribution is -0.143. The van der Waals surface area contributed by atoms with Crippen LogP contribution in [0.1, 0.15) is 52.4 Å². The maximum Gasteiger partial charge on any atom is 0.242 e. The molecular weight excluding hydrogens is 212 g/mol. The van der Waals surface area contributed by atoms with Crippen LogP contribution in [0.3, 0.4) is 0 Å². The maximum absolute atomic E-state index is 12.6. The number of carbonyl (C=O) groups is 1. The molecule has 0 radical (unpaired) electrons. The highest BCUT2D eigenvalue weighted by Crippen LogP contribution is 2.36. The first-order valence-corrected chi connectivity index (χ1v) is 7.06. The molecule has 3 heteroatoms. The number of carbonyl (C=O) groups excluding carboxylic acids is 1. The summed E-state index contributed by atoms with van der Waals surface area (Å²) in [7, 11) is 1.88. The first-order chi connectivity index (χ1) is 8.06. The highest BCUT2D eigenvalue weighted by molar-refractivity contribution is 5.85. The van der Waals surface area contributed by atoms with Crippen molar-refractivity contribution in [1.82, 2.24) is 10.2 Å². The van der Waals surface area contributed by atoms with E-state index in [1.807, 2.05) is 20.9 Å². The van der Waals surface area contributed by atoms with Gasteiger partial charge in [0.15, 0.2) is 0 Å². The summed E-state index contributed by atoms with van der Waals surface area (Å²) in [6.07, 6.45) is 7.72. The lowest BCUT2D eigenvalue weighted by Crippen LogP contribution is -2.59. The van der Waals surface area contributed by atoms with E-state index in [0.29, 0.717) is 6.04 Å². The summed E-state index contributed by atoms with van der Waals surface area (Å²) in [5, 5.41) is 3.14. The van der Waals surface area contributed by atoms with E-state index in [1.165, 1.54) is 38.5 Å². The van der Waals surface area contributed by atoms with Crippen LogP contribution < -0.4 is 5.32 Å². The van der Waals surface area contributed by atoms with Gasteiger partial charge in [-0.1, -0.05) is 12.8 Å². The Morgan fingerprint density at radius 1 is 1.18 bits per heavy atom. The molecule has 98 valence electrons. The standard InChI is InChI=1S/C14H26N2O/c1-14(2,15-3)13(17)16-10-6-8-11-7-4-5-9-12(11)16/h11-12,15H,4-10H2,1-3H3/t11-,12-/m1/s1. The molecule has 2 atom stereocenters. The molecule has 2 fully saturated rings. The van der Waals surface area contributed by atoms with Crippen molar-refractivity contribution in [3.8, 4) is 0 Å². The van der Waals surface area contributed by atoms with Gasteiger partial charge in [-0.3, -0.25) is 4.79 Å². The SMILES string of the molecule is CNC(C)(C)C(=O)N1CCC[C@H]2CCCC[C@H]21. The van der Waals surface area contributed by atoms with Crippen molar-refractivity contribution in [3.63, 3.8) is 0 Å². The van der Waals surface area contributed by atoms with Crippen molar-refractivity contribution >= 4 is 5.91 Å². The Bertz CT molecular complexity index is 286. The summed E-state index contributed by atoms with van der Waals surface area (Å²) in [4.78, 5) is 14.7. The normalized spacial score (nSPS) is 29.9. The van der Waals surface area contributed by atoms with Gasteiger partial charge in [-0.2, -0.15) is 0 Å². The Balaban J connectivity index is 2.11. The van der Waals surface area contributed by atoms with Crippen LogP contribution >= 0.6 is 0 Å². The number of hydrogen-bond donors (Lipinski definition) is 1. The summed E-state index contributed by atoms with van der Waals surface area (Å²) < 4.78 is 0. The molecule has 2 rings (SSSR count). The van der Waals surface area contributed by atoms with Crippen molar-refractivity contribution in [2.24, 2.45) is 5.92 Å². The molecule has 0 aromatic carbocycles. The number of nitrogens with one attached hydrogen (secondary N) is 1. The molecule has 1 heterocycles. The summed E-state index contributed by atoms with van der Waals surface area (Å²) in [6, 6.07) is 0.526. The van der Waals surface area contributed by atoms with Crippen LogP contribution in [0.4, 0.5) is 0 Å². The van der Waals surface area contributed by atoms with Gasteiger partial charge >= 0.3 is 0 Å². The number of amides is 1. The molecule has 17 heavy (non-hydrogen) atoms. The number of likely N-dealkylation sites (N-methyl/N-ethyl adjacent to an activating group) is 1. The minimum atomic E-state index is -0.417. The molecule has 0 aromatic rings. The lowest BCUT2D eigenvalue weighted by atomic mass is 9.77. The fourth-order valence-electron chi connectivity index (χ4n) is 3.34. The second-order valence-electron chi connectivity index (χ2n) is 6.13. The number of fused-ring (bicyclic) bond motifs is 1. The molecule has 1 aliphatic heterocycles. The number of rotatable bonds is 2. The average molecular weight is 238 g/mol. The Morgan fingerprint density at radius 3 is 2.53 bits per heavy atom. The molecule has 0 bridgehead atoms. The monoisotopic (exact) mass is 238 g/mol. The average Bonchev–Trinajstić information content (AvgIpc) is 2.37. The van der Waals surface area contributed by atoms with Gasteiger partial charge in [0.2, 0.25) is 5.91 Å². The Hall–Kier alpha value is -0.570. The zero-order valence-electron chi connectivity index (χ0n) is 11.5. The number of hydrogen-bond acceptors (Lipinski definition) is 2. The molecule has 1 saturated heterocycles. The van der Waals surface area contributed by atoms with Crippen molar-refractivity contribution < 1.29 is 4.79 Å². The first kappa shape index (κ1) is 12.9. The van der Waals surface area contributed by atoms with Gasteiger partial charge in [0.25, 0.3) is 0 Å². The molecule has 0 unspecified atom stereocenters. The summed E-state index contributed by atoms with van der Waals surface area (Å²) in [6.45, 7) is 4.94. The van der Waals surface area contributed by atoms with Gasteiger partial charge in [0.1, 0.15) is 0 Å². The topological polar surface area (TPSA) is 32.3 Å². The van der Waals surface area contributed by atoms with E-state index in [1.54, 1.807) is 0 Å². The van der Waals surface area contributed by atoms with Gasteiger partial charge in [-0.25, -0.2) is 0 Å². The van der Waals surface area contributed by atoms with Crippen molar-refractivity contribution in [2.45, 2.75) is 64.0 Å². The fraction of sp³-hybridized carbons (Fsp3) is 0.929. The van der Waals surface area contributed by atoms with E-state index in [2.05, 4.69) is 10.2 Å². The van der Waals surface area contributed by atoms with E-state index in [-0.39, 0.29) is 5.91 Å². The second-order valence-corrected chi connectivity index (χ2v) is 6.13. The van der Waals surface area contributed by atoms with Crippen LogP contribution in [0.15, 0.2) is 0 Å². The molecule has 1 aliphatic carbocycles. The van der Waals surface area contributed by atoms with Gasteiger partial charge < -0.3 is 10.2 Å². The summed E-state index contributed by atoms with van der Waals surface area (Å²) >= 11 is 0. The van der Waals surface area contributed by atoms with Gasteiger partial charge in [0, 0.05) is 12.6 Å². The summed E-state index contributed by atoms with van der Waals surface area (Å²) in [5.74, 6) is 1.06. The second kappa shape index (κ2) is 4.97. The van der Waals surface area contributed by atoms with Crippen molar-refractivity contribution in [3.05, 3.63) is 0 Å². The Labute approximate surface area is 105 Å². The largest absolute Gasteiger partial charge is 0.338 e. The van der Waals surface area contributed by atoms with Gasteiger partial charge in [0.05, 0.1) is 5.54 Å². The molecule has 1 saturated carbocycles. The molecule has 1 amide bonds. The highest BCUT2D eigenvalue weighted by atomic mass is 16.2. The number of nitrogens with zero attached hydrogens (tertiary/aromatic N) is 1. The predicted molar refractivity (Wildman–Crippen MR) is 69.8 cm³/mol. The Morgan fingerprint density at radius 2 is 1.82 bits per heavy atom.